The quantitative estimate of drug-likeness (QED) is 0.787. The van der Waals surface area contributed by atoms with Crippen LogP contribution in [-0.2, 0) is 14.3 Å². The Labute approximate surface area is 127 Å². The number of esters is 1. The van der Waals surface area contributed by atoms with Gasteiger partial charge in [0.1, 0.15) is 0 Å². The molecule has 0 radical (unpaired) electrons. The van der Waals surface area contributed by atoms with Gasteiger partial charge in [-0.15, -0.1) is 0 Å². The van der Waals surface area contributed by atoms with E-state index >= 15 is 0 Å². The summed E-state index contributed by atoms with van der Waals surface area (Å²) < 4.78 is 4.75. The SMILES string of the molecule is COC(=O)CC1CCCCN1C(=O)CCC1CCCCN1. The van der Waals surface area contributed by atoms with Crippen LogP contribution in [0.1, 0.15) is 57.8 Å². The van der Waals surface area contributed by atoms with Gasteiger partial charge in [0.25, 0.3) is 0 Å². The first kappa shape index (κ1) is 16.3. The molecule has 0 bridgehead atoms. The molecule has 2 fully saturated rings. The van der Waals surface area contributed by atoms with Crippen LogP contribution in [0.2, 0.25) is 0 Å². The third-order valence-corrected chi connectivity index (χ3v) is 4.70. The standard InChI is InChI=1S/C16H28N2O3/c1-21-16(20)12-14-7-3-5-11-18(14)15(19)9-8-13-6-2-4-10-17-13/h13-14,17H,2-12H2,1H3. The van der Waals surface area contributed by atoms with Crippen molar-refractivity contribution < 1.29 is 14.3 Å². The van der Waals surface area contributed by atoms with Crippen molar-refractivity contribution in [2.24, 2.45) is 0 Å². The Morgan fingerprint density at radius 2 is 2.00 bits per heavy atom. The van der Waals surface area contributed by atoms with Crippen LogP contribution in [0.5, 0.6) is 0 Å². The van der Waals surface area contributed by atoms with E-state index in [0.29, 0.717) is 18.9 Å². The van der Waals surface area contributed by atoms with Crippen molar-refractivity contribution in [1.29, 1.82) is 0 Å². The first-order valence-electron chi connectivity index (χ1n) is 8.30. The molecule has 0 aliphatic carbocycles. The van der Waals surface area contributed by atoms with Gasteiger partial charge < -0.3 is 15.0 Å². The second-order valence-electron chi connectivity index (χ2n) is 6.20. The lowest BCUT2D eigenvalue weighted by Crippen LogP contribution is -2.45. The van der Waals surface area contributed by atoms with Crippen molar-refractivity contribution in [3.8, 4) is 0 Å². The van der Waals surface area contributed by atoms with E-state index in [-0.39, 0.29) is 17.9 Å². The molecule has 2 rings (SSSR count). The second kappa shape index (κ2) is 8.37. The number of likely N-dealkylation sites (tertiary alicyclic amines) is 1. The Morgan fingerprint density at radius 3 is 2.71 bits per heavy atom. The number of nitrogens with one attached hydrogen (secondary N) is 1. The van der Waals surface area contributed by atoms with Gasteiger partial charge >= 0.3 is 5.97 Å². The fraction of sp³-hybridized carbons (Fsp3) is 0.875. The van der Waals surface area contributed by atoms with E-state index in [2.05, 4.69) is 5.32 Å². The molecule has 2 aliphatic heterocycles. The fourth-order valence-corrected chi connectivity index (χ4v) is 3.43. The van der Waals surface area contributed by atoms with Crippen LogP contribution in [0.3, 0.4) is 0 Å². The van der Waals surface area contributed by atoms with Gasteiger partial charge in [0.15, 0.2) is 0 Å². The maximum absolute atomic E-state index is 12.5. The molecule has 21 heavy (non-hydrogen) atoms. The Hall–Kier alpha value is -1.10. The number of nitrogens with zero attached hydrogens (tertiary/aromatic N) is 1. The minimum absolute atomic E-state index is 0.0398. The zero-order chi connectivity index (χ0) is 15.1. The molecule has 0 saturated carbocycles. The summed E-state index contributed by atoms with van der Waals surface area (Å²) in [6.45, 7) is 1.87. The highest BCUT2D eigenvalue weighted by Gasteiger charge is 2.29. The van der Waals surface area contributed by atoms with Crippen molar-refractivity contribution in [2.45, 2.75) is 69.9 Å². The summed E-state index contributed by atoms with van der Waals surface area (Å²) in [6, 6.07) is 0.532. The Balaban J connectivity index is 1.81. The Kier molecular flexibility index (Phi) is 6.49. The first-order chi connectivity index (χ1) is 10.2. The number of rotatable bonds is 5. The number of amides is 1. The minimum atomic E-state index is -0.214. The van der Waals surface area contributed by atoms with Crippen LogP contribution in [0.25, 0.3) is 0 Å². The van der Waals surface area contributed by atoms with Crippen LogP contribution in [0.4, 0.5) is 0 Å². The van der Waals surface area contributed by atoms with E-state index in [1.165, 1.54) is 26.4 Å². The molecule has 0 aromatic rings. The van der Waals surface area contributed by atoms with Crippen LogP contribution in [-0.4, -0.2) is 49.1 Å². The summed E-state index contributed by atoms with van der Waals surface area (Å²) in [6.07, 6.45) is 8.60. The molecule has 2 saturated heterocycles. The maximum Gasteiger partial charge on any atom is 0.307 e. The lowest BCUT2D eigenvalue weighted by Gasteiger charge is -2.35. The number of carbonyl (C=O) groups is 2. The molecule has 1 amide bonds. The Morgan fingerprint density at radius 1 is 1.19 bits per heavy atom. The third-order valence-electron chi connectivity index (χ3n) is 4.70. The maximum atomic E-state index is 12.5. The lowest BCUT2D eigenvalue weighted by molar-refractivity contribution is -0.144. The summed E-state index contributed by atoms with van der Waals surface area (Å²) in [7, 11) is 1.41. The van der Waals surface area contributed by atoms with Crippen LogP contribution in [0.15, 0.2) is 0 Å². The Bertz CT molecular complexity index is 353. The van der Waals surface area contributed by atoms with Gasteiger partial charge in [0.05, 0.1) is 13.5 Å². The molecule has 0 spiro atoms. The minimum Gasteiger partial charge on any atom is -0.469 e. The van der Waals surface area contributed by atoms with Gasteiger partial charge in [0.2, 0.25) is 5.91 Å². The van der Waals surface area contributed by atoms with E-state index in [9.17, 15) is 9.59 Å². The monoisotopic (exact) mass is 296 g/mol. The van der Waals surface area contributed by atoms with Crippen molar-refractivity contribution in [2.75, 3.05) is 20.2 Å². The van der Waals surface area contributed by atoms with Crippen molar-refractivity contribution in [3.63, 3.8) is 0 Å². The molecule has 0 aromatic carbocycles. The van der Waals surface area contributed by atoms with Crippen molar-refractivity contribution in [3.05, 3.63) is 0 Å². The number of ether oxygens (including phenoxy) is 1. The van der Waals surface area contributed by atoms with Gasteiger partial charge in [-0.3, -0.25) is 9.59 Å². The molecule has 1 N–H and O–H groups in total. The number of carbonyl (C=O) groups excluding carboxylic acids is 2. The van der Waals surface area contributed by atoms with Crippen LogP contribution in [0, 0.1) is 0 Å². The number of piperidine rings is 2. The molecule has 120 valence electrons. The highest BCUT2D eigenvalue weighted by atomic mass is 16.5. The lowest BCUT2D eigenvalue weighted by atomic mass is 9.97. The summed E-state index contributed by atoms with van der Waals surface area (Å²) in [5.74, 6) is -0.00961. The third kappa shape index (κ3) is 4.99. The largest absolute Gasteiger partial charge is 0.469 e. The molecule has 5 nitrogen and oxygen atoms in total. The van der Waals surface area contributed by atoms with Gasteiger partial charge in [-0.05, 0) is 45.1 Å². The molecule has 5 heteroatoms. The normalized spacial score (nSPS) is 26.4. The molecule has 0 aromatic heterocycles. The van der Waals surface area contributed by atoms with Crippen LogP contribution >= 0.6 is 0 Å². The number of methoxy groups -OCH3 is 1. The zero-order valence-corrected chi connectivity index (χ0v) is 13.1. The molecule has 2 unspecified atom stereocenters. The van der Waals surface area contributed by atoms with Crippen LogP contribution < -0.4 is 5.32 Å². The molecular formula is C16H28N2O3. The smallest absolute Gasteiger partial charge is 0.307 e. The highest BCUT2D eigenvalue weighted by Crippen LogP contribution is 2.22. The zero-order valence-electron chi connectivity index (χ0n) is 13.1. The van der Waals surface area contributed by atoms with Crippen molar-refractivity contribution >= 4 is 11.9 Å². The van der Waals surface area contributed by atoms with Gasteiger partial charge in [0, 0.05) is 25.0 Å². The number of hydrogen-bond acceptors (Lipinski definition) is 4. The van der Waals surface area contributed by atoms with E-state index in [0.717, 1.165) is 38.8 Å². The summed E-state index contributed by atoms with van der Waals surface area (Å²) in [5, 5.41) is 3.49. The van der Waals surface area contributed by atoms with E-state index in [4.69, 9.17) is 4.74 Å². The summed E-state index contributed by atoms with van der Waals surface area (Å²) >= 11 is 0. The molecule has 2 aliphatic rings. The first-order valence-corrected chi connectivity index (χ1v) is 8.30. The molecular weight excluding hydrogens is 268 g/mol. The average Bonchev–Trinajstić information content (AvgIpc) is 2.54. The highest BCUT2D eigenvalue weighted by molar-refractivity contribution is 5.78. The van der Waals surface area contributed by atoms with E-state index < -0.39 is 0 Å². The molecule has 2 heterocycles. The second-order valence-corrected chi connectivity index (χ2v) is 6.20. The van der Waals surface area contributed by atoms with E-state index in [1.807, 2.05) is 4.90 Å². The average molecular weight is 296 g/mol. The predicted octanol–water partition coefficient (Wildman–Crippen LogP) is 1.85. The van der Waals surface area contributed by atoms with Gasteiger partial charge in [-0.2, -0.15) is 0 Å². The van der Waals surface area contributed by atoms with Gasteiger partial charge in [-0.1, -0.05) is 6.42 Å². The topological polar surface area (TPSA) is 58.6 Å². The van der Waals surface area contributed by atoms with Gasteiger partial charge in [-0.25, -0.2) is 0 Å². The van der Waals surface area contributed by atoms with E-state index in [1.54, 1.807) is 0 Å². The van der Waals surface area contributed by atoms with Crippen molar-refractivity contribution in [1.82, 2.24) is 10.2 Å². The summed E-state index contributed by atoms with van der Waals surface area (Å²) in [4.78, 5) is 25.9. The molecule has 2 atom stereocenters. The fourth-order valence-electron chi connectivity index (χ4n) is 3.43. The summed E-state index contributed by atoms with van der Waals surface area (Å²) in [5.41, 5.74) is 0. The number of hydrogen-bond donors (Lipinski definition) is 1. The predicted molar refractivity (Wildman–Crippen MR) is 80.9 cm³/mol.